The maximum absolute atomic E-state index is 3.59. The lowest BCUT2D eigenvalue weighted by Gasteiger charge is -2.36. The molecule has 0 aromatic heterocycles. The van der Waals surface area contributed by atoms with E-state index in [1.54, 1.807) is 0 Å². The summed E-state index contributed by atoms with van der Waals surface area (Å²) in [5.41, 5.74) is 0.467. The maximum Gasteiger partial charge on any atom is 0.00477 e. The van der Waals surface area contributed by atoms with E-state index in [1.807, 2.05) is 0 Å². The van der Waals surface area contributed by atoms with Gasteiger partial charge in [-0.05, 0) is 55.9 Å². The highest BCUT2D eigenvalue weighted by atomic mass is 15.1. The summed E-state index contributed by atoms with van der Waals surface area (Å²) in [6.45, 7) is 13.4. The molecule has 1 unspecified atom stereocenters. The van der Waals surface area contributed by atoms with E-state index < -0.39 is 0 Å². The van der Waals surface area contributed by atoms with Gasteiger partial charge in [-0.3, -0.25) is 0 Å². The number of rotatable bonds is 11. The van der Waals surface area contributed by atoms with Crippen molar-refractivity contribution in [3.05, 3.63) is 0 Å². The molecule has 1 N–H and O–H groups in total. The fraction of sp³-hybridized carbons (Fsp3) is 1.00. The van der Waals surface area contributed by atoms with Crippen molar-refractivity contribution in [3.63, 3.8) is 0 Å². The van der Waals surface area contributed by atoms with Gasteiger partial charge in [0.25, 0.3) is 0 Å². The third-order valence-electron chi connectivity index (χ3n) is 4.69. The third-order valence-corrected chi connectivity index (χ3v) is 4.69. The first-order valence-corrected chi connectivity index (χ1v) is 8.58. The van der Waals surface area contributed by atoms with Gasteiger partial charge in [-0.1, -0.05) is 27.2 Å². The first-order valence-electron chi connectivity index (χ1n) is 8.58. The zero-order chi connectivity index (χ0) is 13.7. The summed E-state index contributed by atoms with van der Waals surface area (Å²) >= 11 is 0. The van der Waals surface area contributed by atoms with Crippen LogP contribution in [0.3, 0.4) is 0 Å². The Kier molecular flexibility index (Phi) is 5.70. The number of nitrogens with one attached hydrogen (secondary N) is 1. The van der Waals surface area contributed by atoms with Gasteiger partial charge in [0.2, 0.25) is 0 Å². The highest BCUT2D eigenvalue weighted by molar-refractivity contribution is 4.87. The van der Waals surface area contributed by atoms with Crippen molar-refractivity contribution < 1.29 is 0 Å². The summed E-state index contributed by atoms with van der Waals surface area (Å²) in [6, 6.07) is 0. The SMILES string of the molecule is CCCC(C)(CNCC)CN(CC1CC1)CC1CC1. The van der Waals surface area contributed by atoms with Crippen LogP contribution in [0.4, 0.5) is 0 Å². The molecule has 2 rings (SSSR count). The third kappa shape index (κ3) is 5.83. The predicted octanol–water partition coefficient (Wildman–Crippen LogP) is 3.52. The van der Waals surface area contributed by atoms with E-state index in [0.29, 0.717) is 5.41 Å². The number of nitrogens with zero attached hydrogens (tertiary/aromatic N) is 1. The van der Waals surface area contributed by atoms with Crippen molar-refractivity contribution in [2.75, 3.05) is 32.7 Å². The Labute approximate surface area is 120 Å². The highest BCUT2D eigenvalue weighted by Crippen LogP contribution is 2.35. The molecule has 2 aliphatic rings. The van der Waals surface area contributed by atoms with Crippen LogP contribution < -0.4 is 5.32 Å². The Hall–Kier alpha value is -0.0800. The second kappa shape index (κ2) is 7.08. The summed E-state index contributed by atoms with van der Waals surface area (Å²) in [7, 11) is 0. The Bertz CT molecular complexity index is 244. The zero-order valence-electron chi connectivity index (χ0n) is 13.4. The molecule has 2 fully saturated rings. The van der Waals surface area contributed by atoms with Gasteiger partial charge in [0, 0.05) is 26.2 Å². The largest absolute Gasteiger partial charge is 0.316 e. The average Bonchev–Trinajstić information content (AvgIpc) is 3.23. The number of hydrogen-bond acceptors (Lipinski definition) is 2. The van der Waals surface area contributed by atoms with Crippen LogP contribution in [-0.4, -0.2) is 37.6 Å². The van der Waals surface area contributed by atoms with E-state index in [-0.39, 0.29) is 0 Å². The monoisotopic (exact) mass is 266 g/mol. The van der Waals surface area contributed by atoms with Gasteiger partial charge in [0.15, 0.2) is 0 Å². The lowest BCUT2D eigenvalue weighted by atomic mass is 9.84. The Balaban J connectivity index is 1.85. The molecule has 2 nitrogen and oxygen atoms in total. The van der Waals surface area contributed by atoms with Crippen molar-refractivity contribution in [2.45, 2.75) is 59.3 Å². The molecule has 0 radical (unpaired) electrons. The van der Waals surface area contributed by atoms with E-state index >= 15 is 0 Å². The lowest BCUT2D eigenvalue weighted by Crippen LogP contribution is -2.43. The highest BCUT2D eigenvalue weighted by Gasteiger charge is 2.33. The topological polar surface area (TPSA) is 15.3 Å². The van der Waals surface area contributed by atoms with Gasteiger partial charge in [-0.25, -0.2) is 0 Å². The maximum atomic E-state index is 3.59. The van der Waals surface area contributed by atoms with Crippen molar-refractivity contribution in [1.82, 2.24) is 10.2 Å². The molecule has 112 valence electrons. The van der Waals surface area contributed by atoms with Gasteiger partial charge in [0.05, 0.1) is 0 Å². The lowest BCUT2D eigenvalue weighted by molar-refractivity contribution is 0.140. The van der Waals surface area contributed by atoms with E-state index in [9.17, 15) is 0 Å². The van der Waals surface area contributed by atoms with Crippen LogP contribution in [0.1, 0.15) is 59.3 Å². The minimum Gasteiger partial charge on any atom is -0.316 e. The van der Waals surface area contributed by atoms with Crippen LogP contribution >= 0.6 is 0 Å². The molecule has 2 heteroatoms. The molecular formula is C17H34N2. The second-order valence-corrected chi connectivity index (χ2v) is 7.42. The Morgan fingerprint density at radius 2 is 1.63 bits per heavy atom. The summed E-state index contributed by atoms with van der Waals surface area (Å²) in [6.07, 6.45) is 8.60. The Morgan fingerprint density at radius 1 is 1.05 bits per heavy atom. The predicted molar refractivity (Wildman–Crippen MR) is 83.4 cm³/mol. The van der Waals surface area contributed by atoms with Gasteiger partial charge in [-0.2, -0.15) is 0 Å². The van der Waals surface area contributed by atoms with Gasteiger partial charge in [-0.15, -0.1) is 0 Å². The molecule has 0 spiro atoms. The van der Waals surface area contributed by atoms with E-state index in [0.717, 1.165) is 18.4 Å². The number of hydrogen-bond donors (Lipinski definition) is 1. The first kappa shape index (κ1) is 15.3. The molecule has 2 aliphatic carbocycles. The van der Waals surface area contributed by atoms with Crippen LogP contribution in [0, 0.1) is 17.3 Å². The van der Waals surface area contributed by atoms with E-state index in [1.165, 1.54) is 64.7 Å². The van der Waals surface area contributed by atoms with Gasteiger partial charge >= 0.3 is 0 Å². The standard InChI is InChI=1S/C17H34N2/c1-4-10-17(3,13-18-5-2)14-19(11-15-6-7-15)12-16-8-9-16/h15-16,18H,4-14H2,1-3H3. The van der Waals surface area contributed by atoms with E-state index in [4.69, 9.17) is 0 Å². The minimum absolute atomic E-state index is 0.467. The molecule has 1 atom stereocenters. The fourth-order valence-corrected chi connectivity index (χ4v) is 3.33. The van der Waals surface area contributed by atoms with Crippen molar-refractivity contribution in [2.24, 2.45) is 17.3 Å². The second-order valence-electron chi connectivity index (χ2n) is 7.42. The molecule has 0 bridgehead atoms. The molecular weight excluding hydrogens is 232 g/mol. The van der Waals surface area contributed by atoms with Crippen molar-refractivity contribution in [3.8, 4) is 0 Å². The minimum atomic E-state index is 0.467. The van der Waals surface area contributed by atoms with Crippen LogP contribution in [0.5, 0.6) is 0 Å². The molecule has 2 saturated carbocycles. The summed E-state index contributed by atoms with van der Waals surface area (Å²) in [5, 5.41) is 3.59. The summed E-state index contributed by atoms with van der Waals surface area (Å²) < 4.78 is 0. The zero-order valence-corrected chi connectivity index (χ0v) is 13.4. The molecule has 0 heterocycles. The average molecular weight is 266 g/mol. The van der Waals surface area contributed by atoms with Crippen molar-refractivity contribution in [1.29, 1.82) is 0 Å². The van der Waals surface area contributed by atoms with Crippen LogP contribution in [0.25, 0.3) is 0 Å². The molecule has 0 aromatic rings. The van der Waals surface area contributed by atoms with Crippen LogP contribution in [0.15, 0.2) is 0 Å². The summed E-state index contributed by atoms with van der Waals surface area (Å²) in [4.78, 5) is 2.81. The van der Waals surface area contributed by atoms with Crippen LogP contribution in [-0.2, 0) is 0 Å². The smallest absolute Gasteiger partial charge is 0.00477 e. The molecule has 0 aliphatic heterocycles. The fourth-order valence-electron chi connectivity index (χ4n) is 3.33. The van der Waals surface area contributed by atoms with Gasteiger partial charge in [0.1, 0.15) is 0 Å². The van der Waals surface area contributed by atoms with Gasteiger partial charge < -0.3 is 10.2 Å². The molecule has 0 saturated heterocycles. The quantitative estimate of drug-likeness (QED) is 0.615. The normalized spacial score (nSPS) is 22.7. The molecule has 0 aromatic carbocycles. The van der Waals surface area contributed by atoms with Crippen LogP contribution in [0.2, 0.25) is 0 Å². The Morgan fingerprint density at radius 3 is 2.05 bits per heavy atom. The van der Waals surface area contributed by atoms with E-state index in [2.05, 4.69) is 31.0 Å². The molecule has 19 heavy (non-hydrogen) atoms. The first-order chi connectivity index (χ1) is 9.15. The molecule has 0 amide bonds. The van der Waals surface area contributed by atoms with Crippen molar-refractivity contribution >= 4 is 0 Å². The summed E-state index contributed by atoms with van der Waals surface area (Å²) in [5.74, 6) is 2.06.